The molecule has 282 valence electrons. The number of carboxylic acids is 1. The van der Waals surface area contributed by atoms with Gasteiger partial charge >= 0.3 is 5.97 Å². The van der Waals surface area contributed by atoms with Crippen LogP contribution in [0.4, 0.5) is 0 Å². The summed E-state index contributed by atoms with van der Waals surface area (Å²) in [4.78, 5) is 47.9. The molecule has 16 atom stereocenters. The molecular weight excluding hydrogens is 670 g/mol. The van der Waals surface area contributed by atoms with Gasteiger partial charge in [-0.25, -0.2) is 4.79 Å². The third kappa shape index (κ3) is 9.36. The highest BCUT2D eigenvalue weighted by Gasteiger charge is 2.60. The lowest BCUT2D eigenvalue weighted by Gasteiger charge is -2.50. The second kappa shape index (κ2) is 17.0. The smallest absolute Gasteiger partial charge is 0.364 e. The molecule has 0 spiro atoms. The number of carboxylic acid groups (broad SMARTS) is 1. The van der Waals surface area contributed by atoms with Crippen LogP contribution in [0.2, 0.25) is 0 Å². The van der Waals surface area contributed by atoms with Crippen LogP contribution in [-0.2, 0) is 42.9 Å². The van der Waals surface area contributed by atoms with Crippen molar-refractivity contribution in [3.05, 3.63) is 0 Å². The summed E-state index contributed by atoms with van der Waals surface area (Å²) in [6, 6.07) is -3.10. The van der Waals surface area contributed by atoms with E-state index in [1.807, 2.05) is 0 Å². The quantitative estimate of drug-likeness (QED) is 0.0842. The zero-order chi connectivity index (χ0) is 37.0. The maximum absolute atomic E-state index is 12.8. The van der Waals surface area contributed by atoms with Crippen LogP contribution < -0.4 is 16.0 Å². The molecule has 0 aromatic heterocycles. The Hall–Kier alpha value is -2.68. The van der Waals surface area contributed by atoms with Crippen molar-refractivity contribution in [1.82, 2.24) is 16.0 Å². The van der Waals surface area contributed by atoms with Gasteiger partial charge in [-0.05, 0) is 0 Å². The fourth-order valence-corrected chi connectivity index (χ4v) is 5.82. The van der Waals surface area contributed by atoms with Gasteiger partial charge in [-0.2, -0.15) is 0 Å². The Kier molecular flexibility index (Phi) is 14.2. The Labute approximate surface area is 278 Å². The maximum atomic E-state index is 12.8. The van der Waals surface area contributed by atoms with Gasteiger partial charge in [-0.3, -0.25) is 14.4 Å². The SMILES string of the molecule is CC(=O)NC[C@@H](O)[C@@H](O)[C@@H]1O[C@@](O[C@H]2[C@@H](O)[C@@H](CO)O[C@@H](O[C@H]3[C@@H](O)[C@@H](CO)O[C@H](O)[C@@H]3NC(C)=O)[C@@H]2O)(C(=O)O)C[C@H](O)[C@H]1NC(C)=O. The molecule has 3 amide bonds. The molecule has 3 aliphatic rings. The van der Waals surface area contributed by atoms with Crippen LogP contribution in [0.5, 0.6) is 0 Å². The van der Waals surface area contributed by atoms with E-state index in [0.717, 1.165) is 20.8 Å². The second-order valence-corrected chi connectivity index (χ2v) is 12.0. The van der Waals surface area contributed by atoms with Crippen molar-refractivity contribution in [2.75, 3.05) is 19.8 Å². The molecule has 0 aromatic carbocycles. The number of rotatable bonds is 13. The fourth-order valence-electron chi connectivity index (χ4n) is 5.82. The summed E-state index contributed by atoms with van der Waals surface area (Å²) in [7, 11) is 0. The third-order valence-corrected chi connectivity index (χ3v) is 8.24. The average Bonchev–Trinajstić information content (AvgIpc) is 3.02. The molecule has 22 nitrogen and oxygen atoms in total. The summed E-state index contributed by atoms with van der Waals surface area (Å²) < 4.78 is 27.5. The van der Waals surface area contributed by atoms with E-state index in [4.69, 9.17) is 23.7 Å². The Bertz CT molecular complexity index is 1170. The van der Waals surface area contributed by atoms with Gasteiger partial charge < -0.3 is 90.7 Å². The molecule has 3 fully saturated rings. The number of aliphatic hydroxyl groups is 9. The minimum atomic E-state index is -3.06. The van der Waals surface area contributed by atoms with Crippen LogP contribution in [0.3, 0.4) is 0 Å². The van der Waals surface area contributed by atoms with Crippen molar-refractivity contribution in [2.24, 2.45) is 0 Å². The minimum absolute atomic E-state index is 0.571. The van der Waals surface area contributed by atoms with E-state index in [1.54, 1.807) is 0 Å². The highest BCUT2D eigenvalue weighted by molar-refractivity contribution is 5.77. The maximum Gasteiger partial charge on any atom is 0.364 e. The third-order valence-electron chi connectivity index (χ3n) is 8.24. The fraction of sp³-hybridized carbons (Fsp3) is 0.852. The predicted molar refractivity (Wildman–Crippen MR) is 153 cm³/mol. The summed E-state index contributed by atoms with van der Waals surface area (Å²) in [5.41, 5.74) is 0. The van der Waals surface area contributed by atoms with Gasteiger partial charge in [0.2, 0.25) is 17.7 Å². The van der Waals surface area contributed by atoms with E-state index >= 15 is 0 Å². The number of hydrogen-bond acceptors (Lipinski definition) is 18. The van der Waals surface area contributed by atoms with E-state index in [2.05, 4.69) is 16.0 Å². The second-order valence-electron chi connectivity index (χ2n) is 12.0. The topological polar surface area (TPSA) is 353 Å². The van der Waals surface area contributed by atoms with Gasteiger partial charge in [0, 0.05) is 33.7 Å². The molecule has 0 aliphatic carbocycles. The zero-order valence-electron chi connectivity index (χ0n) is 26.6. The number of ether oxygens (including phenoxy) is 5. The lowest BCUT2D eigenvalue weighted by atomic mass is 9.88. The molecule has 0 radical (unpaired) electrons. The van der Waals surface area contributed by atoms with Gasteiger partial charge in [0.25, 0.3) is 5.79 Å². The molecule has 3 aliphatic heterocycles. The van der Waals surface area contributed by atoms with Crippen LogP contribution in [0.25, 0.3) is 0 Å². The number of amides is 3. The van der Waals surface area contributed by atoms with Crippen LogP contribution in [-0.4, -0.2) is 192 Å². The predicted octanol–water partition coefficient (Wildman–Crippen LogP) is -7.94. The standard InChI is InChI=1S/C27H45N3O19/c1-8(33)28-5-12(37)17(38)22-15(29-9(2)34)11(36)4-27(48-22,26(43)44)49-23-19(40)14(7-32)46-25(20(23)41)47-21-16(30-10(3)35)24(42)45-13(6-31)18(21)39/h11-25,31-32,36-42H,4-7H2,1-3H3,(H,28,33)(H,29,34)(H,30,35)(H,43,44)/t11-,12+,13+,14+,15+,16+,17+,18-,19-,20+,21+,22+,23-,24-,25-,27-/m0/s1. The summed E-state index contributed by atoms with van der Waals surface area (Å²) in [6.45, 7) is 0.808. The lowest BCUT2D eigenvalue weighted by molar-refractivity contribution is -0.380. The van der Waals surface area contributed by atoms with E-state index in [0.29, 0.717) is 0 Å². The van der Waals surface area contributed by atoms with Crippen LogP contribution >= 0.6 is 0 Å². The molecule has 3 heterocycles. The Morgan fingerprint density at radius 1 is 0.816 bits per heavy atom. The van der Waals surface area contributed by atoms with Crippen LogP contribution in [0.1, 0.15) is 27.2 Å². The van der Waals surface area contributed by atoms with Gasteiger partial charge in [-0.15, -0.1) is 0 Å². The minimum Gasteiger partial charge on any atom is -0.477 e. The molecule has 13 N–H and O–H groups in total. The van der Waals surface area contributed by atoms with Gasteiger partial charge in [0.15, 0.2) is 12.6 Å². The number of carbonyl (C=O) groups excluding carboxylic acids is 3. The normalized spacial score (nSPS) is 40.9. The Morgan fingerprint density at radius 3 is 1.90 bits per heavy atom. The first-order chi connectivity index (χ1) is 22.9. The number of aliphatic carboxylic acids is 1. The van der Waals surface area contributed by atoms with Gasteiger partial charge in [0.1, 0.15) is 61.0 Å². The molecule has 3 rings (SSSR count). The summed E-state index contributed by atoms with van der Waals surface area (Å²) in [5, 5.41) is 113. The van der Waals surface area contributed by atoms with E-state index in [1.165, 1.54) is 0 Å². The van der Waals surface area contributed by atoms with Crippen molar-refractivity contribution >= 4 is 23.7 Å². The van der Waals surface area contributed by atoms with E-state index in [9.17, 15) is 70.2 Å². The number of hydrogen-bond donors (Lipinski definition) is 13. The van der Waals surface area contributed by atoms with Crippen molar-refractivity contribution in [1.29, 1.82) is 0 Å². The van der Waals surface area contributed by atoms with Gasteiger partial charge in [0.05, 0.1) is 31.5 Å². The summed E-state index contributed by atoms with van der Waals surface area (Å²) >= 11 is 0. The summed E-state index contributed by atoms with van der Waals surface area (Å²) in [6.07, 6.45) is -25.8. The van der Waals surface area contributed by atoms with Crippen LogP contribution in [0.15, 0.2) is 0 Å². The van der Waals surface area contributed by atoms with E-state index in [-0.39, 0.29) is 0 Å². The highest BCUT2D eigenvalue weighted by Crippen LogP contribution is 2.38. The molecule has 22 heteroatoms. The number of carbonyl (C=O) groups is 4. The van der Waals surface area contributed by atoms with Crippen molar-refractivity contribution in [2.45, 2.75) is 125 Å². The van der Waals surface area contributed by atoms with Crippen molar-refractivity contribution < 1.29 is 93.9 Å². The first-order valence-electron chi connectivity index (χ1n) is 15.2. The monoisotopic (exact) mass is 715 g/mol. The Balaban J connectivity index is 1.98. The van der Waals surface area contributed by atoms with E-state index < -0.39 is 147 Å². The number of aliphatic hydroxyl groups excluding tert-OH is 9. The highest BCUT2D eigenvalue weighted by atomic mass is 16.8. The molecule has 0 unspecified atom stereocenters. The molecule has 49 heavy (non-hydrogen) atoms. The van der Waals surface area contributed by atoms with Gasteiger partial charge in [-0.1, -0.05) is 0 Å². The zero-order valence-corrected chi connectivity index (χ0v) is 26.6. The Morgan fingerprint density at radius 2 is 1.37 bits per heavy atom. The lowest BCUT2D eigenvalue weighted by Crippen LogP contribution is -2.71. The largest absolute Gasteiger partial charge is 0.477 e. The average molecular weight is 716 g/mol. The molecular formula is C27H45N3O19. The molecule has 0 bridgehead atoms. The molecule has 3 saturated heterocycles. The molecule has 0 saturated carbocycles. The van der Waals surface area contributed by atoms with Crippen molar-refractivity contribution in [3.8, 4) is 0 Å². The van der Waals surface area contributed by atoms with Crippen LogP contribution in [0, 0.1) is 0 Å². The summed E-state index contributed by atoms with van der Waals surface area (Å²) in [5.74, 6) is -7.12. The van der Waals surface area contributed by atoms with Crippen molar-refractivity contribution in [3.63, 3.8) is 0 Å². The first-order valence-corrected chi connectivity index (χ1v) is 15.2. The molecule has 0 aromatic rings. The number of nitrogens with one attached hydrogen (secondary N) is 3. The first kappa shape index (κ1) is 40.7.